The Kier molecular flexibility index (Phi) is 8.25. The van der Waals surface area contributed by atoms with E-state index in [1.165, 1.54) is 11.8 Å². The number of hydrogen-bond donors (Lipinski definition) is 2. The molecule has 0 amide bonds. The zero-order valence-electron chi connectivity index (χ0n) is 15.5. The smallest absolute Gasteiger partial charge is 0.335 e. The first-order valence-corrected chi connectivity index (χ1v) is 8.79. The normalized spacial score (nSPS) is 12.6. The van der Waals surface area contributed by atoms with Crippen molar-refractivity contribution in [2.45, 2.75) is 51.6 Å². The van der Waals surface area contributed by atoms with Gasteiger partial charge in [0.2, 0.25) is 5.54 Å². The molecule has 0 bridgehead atoms. The molecular formula is C19H27NO6. The molecule has 0 aliphatic rings. The minimum atomic E-state index is -2.12. The summed E-state index contributed by atoms with van der Waals surface area (Å²) in [6, 6.07) is 8.66. The number of aliphatic carboxylic acids is 2. The second kappa shape index (κ2) is 9.91. The van der Waals surface area contributed by atoms with Crippen molar-refractivity contribution in [1.29, 1.82) is 0 Å². The van der Waals surface area contributed by atoms with Gasteiger partial charge in [0.1, 0.15) is 0 Å². The number of carboxylic acids is 2. The minimum absolute atomic E-state index is 0.0291. The SMILES string of the molecule is CCOC(=O)CCN(C(CC)c1ccccc1)C(CC)(C(=O)O)C(=O)O. The molecule has 1 unspecified atom stereocenters. The van der Waals surface area contributed by atoms with Gasteiger partial charge in [-0.2, -0.15) is 0 Å². The molecule has 0 radical (unpaired) electrons. The molecule has 26 heavy (non-hydrogen) atoms. The van der Waals surface area contributed by atoms with Crippen LogP contribution < -0.4 is 0 Å². The number of benzene rings is 1. The average Bonchev–Trinajstić information content (AvgIpc) is 2.61. The molecule has 0 saturated carbocycles. The fourth-order valence-corrected chi connectivity index (χ4v) is 3.21. The summed E-state index contributed by atoms with van der Waals surface area (Å²) < 4.78 is 4.92. The molecule has 0 spiro atoms. The third-order valence-corrected chi connectivity index (χ3v) is 4.52. The Bertz CT molecular complexity index is 602. The van der Waals surface area contributed by atoms with Crippen molar-refractivity contribution in [3.63, 3.8) is 0 Å². The predicted octanol–water partition coefficient (Wildman–Crippen LogP) is 2.71. The Labute approximate surface area is 153 Å². The second-order valence-electron chi connectivity index (χ2n) is 5.91. The predicted molar refractivity (Wildman–Crippen MR) is 95.7 cm³/mol. The van der Waals surface area contributed by atoms with E-state index in [1.807, 2.05) is 37.3 Å². The van der Waals surface area contributed by atoms with E-state index in [0.717, 1.165) is 5.56 Å². The van der Waals surface area contributed by atoms with Crippen molar-refractivity contribution >= 4 is 17.9 Å². The second-order valence-corrected chi connectivity index (χ2v) is 5.91. The number of carbonyl (C=O) groups is 3. The lowest BCUT2D eigenvalue weighted by molar-refractivity contribution is -0.172. The van der Waals surface area contributed by atoms with Gasteiger partial charge in [0.15, 0.2) is 0 Å². The van der Waals surface area contributed by atoms with E-state index in [4.69, 9.17) is 4.74 Å². The number of esters is 1. The van der Waals surface area contributed by atoms with Crippen LogP contribution in [0.15, 0.2) is 30.3 Å². The van der Waals surface area contributed by atoms with Crippen molar-refractivity contribution in [3.05, 3.63) is 35.9 Å². The van der Waals surface area contributed by atoms with Crippen LogP contribution in [0, 0.1) is 0 Å². The summed E-state index contributed by atoms with van der Waals surface area (Å²) in [6.07, 6.45) is 0.276. The van der Waals surface area contributed by atoms with Gasteiger partial charge in [-0.25, -0.2) is 9.59 Å². The maximum atomic E-state index is 12.0. The van der Waals surface area contributed by atoms with Gasteiger partial charge < -0.3 is 14.9 Å². The van der Waals surface area contributed by atoms with E-state index < -0.39 is 29.5 Å². The lowest BCUT2D eigenvalue weighted by Gasteiger charge is -2.42. The summed E-state index contributed by atoms with van der Waals surface area (Å²) >= 11 is 0. The highest BCUT2D eigenvalue weighted by atomic mass is 16.5. The summed E-state index contributed by atoms with van der Waals surface area (Å²) in [7, 11) is 0. The van der Waals surface area contributed by atoms with Crippen molar-refractivity contribution < 1.29 is 29.3 Å². The van der Waals surface area contributed by atoms with E-state index in [0.29, 0.717) is 6.42 Å². The van der Waals surface area contributed by atoms with Gasteiger partial charge in [0, 0.05) is 12.6 Å². The summed E-state index contributed by atoms with van der Waals surface area (Å²) in [4.78, 5) is 37.3. The molecule has 0 fully saturated rings. The lowest BCUT2D eigenvalue weighted by atomic mass is 9.88. The molecule has 1 rings (SSSR count). The molecule has 2 N–H and O–H groups in total. The quantitative estimate of drug-likeness (QED) is 0.459. The zero-order valence-corrected chi connectivity index (χ0v) is 15.5. The van der Waals surface area contributed by atoms with Crippen LogP contribution in [0.5, 0.6) is 0 Å². The maximum Gasteiger partial charge on any atom is 0.335 e. The zero-order chi connectivity index (χ0) is 19.7. The summed E-state index contributed by atoms with van der Waals surface area (Å²) in [6.45, 7) is 5.25. The average molecular weight is 365 g/mol. The van der Waals surface area contributed by atoms with Crippen LogP contribution in [0.25, 0.3) is 0 Å². The van der Waals surface area contributed by atoms with Crippen LogP contribution in [-0.2, 0) is 19.1 Å². The van der Waals surface area contributed by atoms with Gasteiger partial charge in [-0.1, -0.05) is 44.2 Å². The third-order valence-electron chi connectivity index (χ3n) is 4.52. The summed E-state index contributed by atoms with van der Waals surface area (Å²) in [5.74, 6) is -3.36. The molecule has 7 nitrogen and oxygen atoms in total. The van der Waals surface area contributed by atoms with E-state index >= 15 is 0 Å². The van der Waals surface area contributed by atoms with Crippen LogP contribution in [-0.4, -0.2) is 51.7 Å². The van der Waals surface area contributed by atoms with Crippen LogP contribution in [0.3, 0.4) is 0 Å². The fraction of sp³-hybridized carbons (Fsp3) is 0.526. The fourth-order valence-electron chi connectivity index (χ4n) is 3.21. The molecular weight excluding hydrogens is 338 g/mol. The molecule has 1 aromatic carbocycles. The largest absolute Gasteiger partial charge is 0.479 e. The number of carbonyl (C=O) groups excluding carboxylic acids is 1. The van der Waals surface area contributed by atoms with Gasteiger partial charge in [0.05, 0.1) is 13.0 Å². The Morgan fingerprint density at radius 2 is 1.65 bits per heavy atom. The van der Waals surface area contributed by atoms with Gasteiger partial charge >= 0.3 is 17.9 Å². The Hall–Kier alpha value is -2.41. The van der Waals surface area contributed by atoms with E-state index in [2.05, 4.69) is 0 Å². The van der Waals surface area contributed by atoms with Crippen LogP contribution in [0.4, 0.5) is 0 Å². The molecule has 0 aliphatic heterocycles. The minimum Gasteiger partial charge on any atom is -0.479 e. The van der Waals surface area contributed by atoms with E-state index in [9.17, 15) is 24.6 Å². The summed E-state index contributed by atoms with van der Waals surface area (Å²) in [5.41, 5.74) is -1.32. The number of hydrogen-bond acceptors (Lipinski definition) is 5. The van der Waals surface area contributed by atoms with Gasteiger partial charge in [-0.3, -0.25) is 9.69 Å². The molecule has 0 aromatic heterocycles. The Balaban J connectivity index is 3.37. The molecule has 7 heteroatoms. The number of ether oxygens (including phenoxy) is 1. The van der Waals surface area contributed by atoms with Crippen LogP contribution in [0.2, 0.25) is 0 Å². The van der Waals surface area contributed by atoms with E-state index in [-0.39, 0.29) is 26.0 Å². The topological polar surface area (TPSA) is 104 Å². The Morgan fingerprint density at radius 1 is 1.08 bits per heavy atom. The maximum absolute atomic E-state index is 12.0. The van der Waals surface area contributed by atoms with Crippen LogP contribution >= 0.6 is 0 Å². The highest BCUT2D eigenvalue weighted by Gasteiger charge is 2.52. The third kappa shape index (κ3) is 4.60. The van der Waals surface area contributed by atoms with Gasteiger partial charge in [0.25, 0.3) is 0 Å². The number of carboxylic acid groups (broad SMARTS) is 2. The van der Waals surface area contributed by atoms with Crippen LogP contribution in [0.1, 0.15) is 51.6 Å². The van der Waals surface area contributed by atoms with Crippen molar-refractivity contribution in [3.8, 4) is 0 Å². The molecule has 144 valence electrons. The molecule has 1 aromatic rings. The standard InChI is InChI=1S/C19H27NO6/c1-4-15(14-10-8-7-9-11-14)20(13-12-16(21)26-6-3)19(5-2,17(22)23)18(24)25/h7-11,15H,4-6,12-13H2,1-3H3,(H,22,23)(H,24,25). The van der Waals surface area contributed by atoms with E-state index in [1.54, 1.807) is 6.92 Å². The molecule has 0 heterocycles. The van der Waals surface area contributed by atoms with Crippen molar-refractivity contribution in [2.75, 3.05) is 13.2 Å². The van der Waals surface area contributed by atoms with Crippen molar-refractivity contribution in [1.82, 2.24) is 4.90 Å². The highest BCUT2D eigenvalue weighted by Crippen LogP contribution is 2.34. The monoisotopic (exact) mass is 365 g/mol. The Morgan fingerprint density at radius 3 is 2.08 bits per heavy atom. The highest BCUT2D eigenvalue weighted by molar-refractivity contribution is 6.03. The first-order valence-electron chi connectivity index (χ1n) is 8.79. The lowest BCUT2D eigenvalue weighted by Crippen LogP contribution is -2.61. The first-order chi connectivity index (χ1) is 12.3. The van der Waals surface area contributed by atoms with Crippen molar-refractivity contribution in [2.24, 2.45) is 0 Å². The first kappa shape index (κ1) is 21.6. The van der Waals surface area contributed by atoms with Gasteiger partial charge in [-0.15, -0.1) is 0 Å². The molecule has 1 atom stereocenters. The van der Waals surface area contributed by atoms with Gasteiger partial charge in [-0.05, 0) is 25.3 Å². The number of rotatable bonds is 11. The molecule has 0 aliphatic carbocycles. The number of nitrogens with zero attached hydrogens (tertiary/aromatic N) is 1. The summed E-state index contributed by atoms with van der Waals surface area (Å²) in [5, 5.41) is 19.6. The molecule has 0 saturated heterocycles.